The van der Waals surface area contributed by atoms with Crippen LogP contribution in [0.1, 0.15) is 46.8 Å². The predicted octanol–water partition coefficient (Wildman–Crippen LogP) is 5.68. The van der Waals surface area contributed by atoms with Gasteiger partial charge < -0.3 is 19.7 Å². The van der Waals surface area contributed by atoms with Crippen LogP contribution in [0.5, 0.6) is 11.5 Å². The molecule has 0 atom stereocenters. The second kappa shape index (κ2) is 11.0. The summed E-state index contributed by atoms with van der Waals surface area (Å²) in [5.74, 6) is -2.46. The van der Waals surface area contributed by atoms with Gasteiger partial charge in [0.15, 0.2) is 5.78 Å². The van der Waals surface area contributed by atoms with Gasteiger partial charge in [0.1, 0.15) is 24.7 Å². The number of carboxylic acid groups (broad SMARTS) is 1. The maximum absolute atomic E-state index is 12.8. The molecule has 0 amide bonds. The number of hydrogen-bond donors (Lipinski definition) is 2. The summed E-state index contributed by atoms with van der Waals surface area (Å²) in [7, 11) is 0. The lowest BCUT2D eigenvalue weighted by Crippen LogP contribution is -2.09. The molecule has 3 aromatic rings. The molecule has 0 spiro atoms. The number of aliphatic hydroxyl groups is 1. The van der Waals surface area contributed by atoms with Gasteiger partial charge in [0.05, 0.1) is 5.56 Å². The summed E-state index contributed by atoms with van der Waals surface area (Å²) in [6.07, 6.45) is 0.682. The van der Waals surface area contributed by atoms with Gasteiger partial charge >= 0.3 is 5.97 Å². The number of carbonyl (C=O) groups excluding carboxylic acids is 1. The highest BCUT2D eigenvalue weighted by Gasteiger charge is 2.20. The van der Waals surface area contributed by atoms with Crippen molar-refractivity contribution in [3.05, 3.63) is 107 Å². The van der Waals surface area contributed by atoms with Crippen LogP contribution in [-0.2, 0) is 18.0 Å². The lowest BCUT2D eigenvalue weighted by atomic mass is 9.96. The third-order valence-electron chi connectivity index (χ3n) is 4.96. The van der Waals surface area contributed by atoms with Crippen molar-refractivity contribution >= 4 is 11.8 Å². The quantitative estimate of drug-likeness (QED) is 0.237. The van der Waals surface area contributed by atoms with E-state index in [0.717, 1.165) is 16.7 Å². The van der Waals surface area contributed by atoms with Crippen LogP contribution in [0.25, 0.3) is 0 Å². The van der Waals surface area contributed by atoms with E-state index in [1.165, 1.54) is 0 Å². The van der Waals surface area contributed by atoms with Crippen molar-refractivity contribution in [1.82, 2.24) is 0 Å². The molecule has 0 heterocycles. The molecule has 0 saturated carbocycles. The molecule has 0 saturated heterocycles. The van der Waals surface area contributed by atoms with E-state index in [1.807, 2.05) is 74.5 Å². The number of rotatable bonds is 10. The van der Waals surface area contributed by atoms with Gasteiger partial charge in [-0.1, -0.05) is 74.5 Å². The SMILES string of the molecule is CC(C)c1cc(C(=O)C=C(O)C(=O)O)c(OCc2ccccc2)cc1OCc1ccccc1. The first-order chi connectivity index (χ1) is 15.8. The summed E-state index contributed by atoms with van der Waals surface area (Å²) in [4.78, 5) is 23.8. The van der Waals surface area contributed by atoms with Crippen LogP contribution in [0, 0.1) is 0 Å². The molecule has 0 fully saturated rings. The fourth-order valence-corrected chi connectivity index (χ4v) is 3.20. The summed E-state index contributed by atoms with van der Waals surface area (Å²) >= 11 is 0. The summed E-state index contributed by atoms with van der Waals surface area (Å²) < 4.78 is 12.0. The molecule has 3 aromatic carbocycles. The van der Waals surface area contributed by atoms with E-state index < -0.39 is 17.5 Å². The first-order valence-electron chi connectivity index (χ1n) is 10.5. The van der Waals surface area contributed by atoms with Gasteiger partial charge in [-0.15, -0.1) is 0 Å². The van der Waals surface area contributed by atoms with Crippen molar-refractivity contribution in [3.8, 4) is 11.5 Å². The summed E-state index contributed by atoms with van der Waals surface area (Å²) in [5, 5.41) is 18.5. The first-order valence-corrected chi connectivity index (χ1v) is 10.5. The zero-order valence-corrected chi connectivity index (χ0v) is 18.5. The monoisotopic (exact) mass is 446 g/mol. The van der Waals surface area contributed by atoms with Crippen molar-refractivity contribution in [1.29, 1.82) is 0 Å². The average molecular weight is 446 g/mol. The van der Waals surface area contributed by atoms with E-state index in [9.17, 15) is 14.7 Å². The maximum atomic E-state index is 12.8. The Hall–Kier alpha value is -4.06. The lowest BCUT2D eigenvalue weighted by Gasteiger charge is -2.19. The van der Waals surface area contributed by atoms with Crippen LogP contribution in [0.15, 0.2) is 84.6 Å². The number of hydrogen-bond acceptors (Lipinski definition) is 5. The van der Waals surface area contributed by atoms with Gasteiger partial charge in [-0.05, 0) is 28.7 Å². The lowest BCUT2D eigenvalue weighted by molar-refractivity contribution is -0.135. The van der Waals surface area contributed by atoms with Crippen LogP contribution < -0.4 is 9.47 Å². The van der Waals surface area contributed by atoms with Crippen molar-refractivity contribution in [2.45, 2.75) is 33.0 Å². The molecule has 6 heteroatoms. The zero-order valence-electron chi connectivity index (χ0n) is 18.5. The van der Waals surface area contributed by atoms with E-state index in [0.29, 0.717) is 18.4 Å². The van der Waals surface area contributed by atoms with E-state index >= 15 is 0 Å². The van der Waals surface area contributed by atoms with Crippen LogP contribution in [0.3, 0.4) is 0 Å². The molecule has 0 radical (unpaired) electrons. The summed E-state index contributed by atoms with van der Waals surface area (Å²) in [6, 6.07) is 22.4. The predicted molar refractivity (Wildman–Crippen MR) is 125 cm³/mol. The average Bonchev–Trinajstić information content (AvgIpc) is 2.82. The Morgan fingerprint density at radius 2 is 1.33 bits per heavy atom. The minimum absolute atomic E-state index is 0.0162. The van der Waals surface area contributed by atoms with Crippen molar-refractivity contribution in [2.24, 2.45) is 0 Å². The number of allylic oxidation sites excluding steroid dienone is 1. The second-order valence-electron chi connectivity index (χ2n) is 7.79. The normalized spacial score (nSPS) is 11.3. The Labute approximate surface area is 192 Å². The van der Waals surface area contributed by atoms with Crippen LogP contribution in [-0.4, -0.2) is 22.0 Å². The second-order valence-corrected chi connectivity index (χ2v) is 7.79. The highest BCUT2D eigenvalue weighted by atomic mass is 16.5. The molecule has 0 aliphatic heterocycles. The topological polar surface area (TPSA) is 93.1 Å². The number of ketones is 1. The molecular weight excluding hydrogens is 420 g/mol. The van der Waals surface area contributed by atoms with Crippen molar-refractivity contribution < 1.29 is 29.3 Å². The Morgan fingerprint density at radius 3 is 1.82 bits per heavy atom. The van der Waals surface area contributed by atoms with E-state index in [-0.39, 0.29) is 23.8 Å². The largest absolute Gasteiger partial charge is 0.502 e. The maximum Gasteiger partial charge on any atom is 0.371 e. The highest BCUT2D eigenvalue weighted by molar-refractivity contribution is 6.09. The van der Waals surface area contributed by atoms with Crippen LogP contribution >= 0.6 is 0 Å². The van der Waals surface area contributed by atoms with E-state index in [1.54, 1.807) is 12.1 Å². The summed E-state index contributed by atoms with van der Waals surface area (Å²) in [6.45, 7) is 4.47. The van der Waals surface area contributed by atoms with Gasteiger partial charge in [-0.3, -0.25) is 4.79 Å². The molecule has 3 rings (SSSR count). The fourth-order valence-electron chi connectivity index (χ4n) is 3.20. The Bertz CT molecular complexity index is 1130. The minimum atomic E-state index is -1.58. The van der Waals surface area contributed by atoms with Gasteiger partial charge in [0, 0.05) is 12.1 Å². The van der Waals surface area contributed by atoms with Crippen LogP contribution in [0.4, 0.5) is 0 Å². The van der Waals surface area contributed by atoms with Crippen LogP contribution in [0.2, 0.25) is 0 Å². The first kappa shape index (κ1) is 23.6. The van der Waals surface area contributed by atoms with Crippen molar-refractivity contribution in [2.75, 3.05) is 0 Å². The molecule has 6 nitrogen and oxygen atoms in total. The Balaban J connectivity index is 1.99. The van der Waals surface area contributed by atoms with E-state index in [4.69, 9.17) is 14.6 Å². The third kappa shape index (κ3) is 6.46. The van der Waals surface area contributed by atoms with Crippen molar-refractivity contribution in [3.63, 3.8) is 0 Å². The standard InChI is InChI=1S/C27H26O6/c1-18(2)21-13-22(23(28)14-24(29)27(30)31)26(33-17-20-11-7-4-8-12-20)15-25(21)32-16-19-9-5-3-6-10-19/h3-15,18,29H,16-17H2,1-2H3,(H,30,31). The number of ether oxygens (including phenoxy) is 2. The Morgan fingerprint density at radius 1 is 0.818 bits per heavy atom. The molecule has 0 bridgehead atoms. The molecule has 0 aliphatic rings. The smallest absolute Gasteiger partial charge is 0.371 e. The summed E-state index contributed by atoms with van der Waals surface area (Å²) in [5.41, 5.74) is 2.81. The molecule has 0 unspecified atom stereocenters. The minimum Gasteiger partial charge on any atom is -0.502 e. The number of aliphatic hydroxyl groups excluding tert-OH is 1. The Kier molecular flexibility index (Phi) is 7.86. The molecule has 0 aromatic heterocycles. The number of benzene rings is 3. The number of aliphatic carboxylic acids is 1. The van der Waals surface area contributed by atoms with Gasteiger partial charge in [-0.2, -0.15) is 0 Å². The molecule has 33 heavy (non-hydrogen) atoms. The molecular formula is C27H26O6. The van der Waals surface area contributed by atoms with Gasteiger partial charge in [0.25, 0.3) is 0 Å². The number of carbonyl (C=O) groups is 2. The molecule has 2 N–H and O–H groups in total. The van der Waals surface area contributed by atoms with Gasteiger partial charge in [-0.25, -0.2) is 4.79 Å². The number of carboxylic acids is 1. The fraction of sp³-hybridized carbons (Fsp3) is 0.185. The zero-order chi connectivity index (χ0) is 23.8. The highest BCUT2D eigenvalue weighted by Crippen LogP contribution is 2.35. The third-order valence-corrected chi connectivity index (χ3v) is 4.96. The van der Waals surface area contributed by atoms with E-state index in [2.05, 4.69) is 0 Å². The molecule has 0 aliphatic carbocycles. The van der Waals surface area contributed by atoms with Gasteiger partial charge in [0.2, 0.25) is 5.76 Å². The molecule has 170 valence electrons.